The van der Waals surface area contributed by atoms with Gasteiger partial charge in [-0.1, -0.05) is 23.6 Å². The van der Waals surface area contributed by atoms with Gasteiger partial charge in [0.2, 0.25) is 11.8 Å². The second kappa shape index (κ2) is 12.1. The Bertz CT molecular complexity index is 2110. The maximum Gasteiger partial charge on any atom is 0.242 e. The standard InChI is InChI=1S/C34H28ClN7O2/c1-20-25-9-7-22(18-23(25)13-16-37-20)8-11-28-26(10-12-29(39-28)40-33(43)21(2)36-3)32-31(27-6-5-15-38-34(27)44-4)41-30-19-24(35)14-17-42(30)32/h5-7,9-10,12-19,21,36H,1-4H3,(H,39,40,43). The lowest BCUT2D eigenvalue weighted by Crippen LogP contribution is -2.35. The first-order valence-electron chi connectivity index (χ1n) is 13.9. The van der Waals surface area contributed by atoms with Gasteiger partial charge in [0.15, 0.2) is 0 Å². The highest BCUT2D eigenvalue weighted by Crippen LogP contribution is 2.38. The van der Waals surface area contributed by atoms with Crippen molar-refractivity contribution >= 4 is 39.7 Å². The molecular formula is C34H28ClN7O2. The predicted octanol–water partition coefficient (Wildman–Crippen LogP) is 5.92. The van der Waals surface area contributed by atoms with E-state index in [-0.39, 0.29) is 5.91 Å². The molecule has 6 aromatic rings. The molecule has 0 aliphatic carbocycles. The average molecular weight is 602 g/mol. The van der Waals surface area contributed by atoms with E-state index in [0.29, 0.717) is 44.9 Å². The van der Waals surface area contributed by atoms with Crippen LogP contribution < -0.4 is 15.4 Å². The lowest BCUT2D eigenvalue weighted by molar-refractivity contribution is -0.117. The van der Waals surface area contributed by atoms with E-state index in [1.165, 1.54) is 0 Å². The van der Waals surface area contributed by atoms with Crippen LogP contribution in [-0.2, 0) is 4.79 Å². The molecule has 2 N–H and O–H groups in total. The normalized spacial score (nSPS) is 11.7. The van der Waals surface area contributed by atoms with E-state index in [4.69, 9.17) is 26.3 Å². The summed E-state index contributed by atoms with van der Waals surface area (Å²) < 4.78 is 7.53. The van der Waals surface area contributed by atoms with Gasteiger partial charge in [-0.3, -0.25) is 14.2 Å². The molecule has 0 aliphatic rings. The van der Waals surface area contributed by atoms with E-state index in [2.05, 4.69) is 32.4 Å². The van der Waals surface area contributed by atoms with Crippen molar-refractivity contribution in [2.45, 2.75) is 19.9 Å². The summed E-state index contributed by atoms with van der Waals surface area (Å²) in [5.41, 5.74) is 5.59. The fourth-order valence-electron chi connectivity index (χ4n) is 4.92. The van der Waals surface area contributed by atoms with Crippen LogP contribution in [0.4, 0.5) is 5.82 Å². The summed E-state index contributed by atoms with van der Waals surface area (Å²) in [6, 6.07) is 18.5. The van der Waals surface area contributed by atoms with Crippen LogP contribution in [0.2, 0.25) is 5.02 Å². The number of fused-ring (bicyclic) bond motifs is 2. The second-order valence-corrected chi connectivity index (χ2v) is 10.6. The highest BCUT2D eigenvalue weighted by atomic mass is 35.5. The predicted molar refractivity (Wildman–Crippen MR) is 173 cm³/mol. The molecule has 1 aromatic carbocycles. The van der Waals surface area contributed by atoms with Crippen LogP contribution in [-0.4, -0.2) is 50.4 Å². The van der Waals surface area contributed by atoms with Gasteiger partial charge in [0, 0.05) is 51.9 Å². The summed E-state index contributed by atoms with van der Waals surface area (Å²) in [6.07, 6.45) is 5.31. The van der Waals surface area contributed by atoms with Crippen molar-refractivity contribution in [3.63, 3.8) is 0 Å². The van der Waals surface area contributed by atoms with Gasteiger partial charge in [-0.2, -0.15) is 0 Å². The number of pyridine rings is 4. The monoisotopic (exact) mass is 601 g/mol. The molecule has 1 atom stereocenters. The van der Waals surface area contributed by atoms with Gasteiger partial charge in [-0.25, -0.2) is 15.0 Å². The number of carbonyl (C=O) groups is 1. The maximum atomic E-state index is 12.7. The average Bonchev–Trinajstić information content (AvgIpc) is 3.41. The van der Waals surface area contributed by atoms with Crippen LogP contribution in [0, 0.1) is 18.8 Å². The van der Waals surface area contributed by atoms with Crippen molar-refractivity contribution in [2.24, 2.45) is 0 Å². The lowest BCUT2D eigenvalue weighted by atomic mass is 10.0. The van der Waals surface area contributed by atoms with Gasteiger partial charge in [-0.05, 0) is 80.7 Å². The minimum Gasteiger partial charge on any atom is -0.481 e. The van der Waals surface area contributed by atoms with E-state index < -0.39 is 6.04 Å². The number of aryl methyl sites for hydroxylation is 1. The van der Waals surface area contributed by atoms with E-state index in [0.717, 1.165) is 27.7 Å². The molecule has 5 aromatic heterocycles. The number of likely N-dealkylation sites (N-methyl/N-ethyl adjacent to an activating group) is 1. The fourth-order valence-corrected chi connectivity index (χ4v) is 5.07. The molecule has 218 valence electrons. The number of imidazole rings is 1. The highest BCUT2D eigenvalue weighted by Gasteiger charge is 2.23. The largest absolute Gasteiger partial charge is 0.481 e. The Balaban J connectivity index is 1.57. The summed E-state index contributed by atoms with van der Waals surface area (Å²) in [6.45, 7) is 3.76. The van der Waals surface area contributed by atoms with Crippen molar-refractivity contribution in [1.29, 1.82) is 0 Å². The number of nitrogens with one attached hydrogen (secondary N) is 2. The van der Waals surface area contributed by atoms with Gasteiger partial charge in [-0.15, -0.1) is 0 Å². The Kier molecular flexibility index (Phi) is 7.94. The maximum absolute atomic E-state index is 12.7. The molecule has 0 radical (unpaired) electrons. The summed E-state index contributed by atoms with van der Waals surface area (Å²) >= 11 is 6.36. The quantitative estimate of drug-likeness (QED) is 0.228. The first kappa shape index (κ1) is 28.8. The van der Waals surface area contributed by atoms with Gasteiger partial charge < -0.3 is 15.4 Å². The first-order valence-corrected chi connectivity index (χ1v) is 14.3. The summed E-state index contributed by atoms with van der Waals surface area (Å²) in [7, 11) is 3.30. The molecule has 44 heavy (non-hydrogen) atoms. The molecule has 0 saturated carbocycles. The second-order valence-electron chi connectivity index (χ2n) is 10.1. The number of anilines is 1. The number of hydrogen-bond donors (Lipinski definition) is 2. The van der Waals surface area contributed by atoms with E-state index in [1.807, 2.05) is 60.0 Å². The smallest absolute Gasteiger partial charge is 0.242 e. The third kappa shape index (κ3) is 5.56. The van der Waals surface area contributed by atoms with Gasteiger partial charge >= 0.3 is 0 Å². The van der Waals surface area contributed by atoms with Gasteiger partial charge in [0.25, 0.3) is 0 Å². The molecule has 5 heterocycles. The highest BCUT2D eigenvalue weighted by molar-refractivity contribution is 6.30. The lowest BCUT2D eigenvalue weighted by Gasteiger charge is -2.13. The van der Waals surface area contributed by atoms with Crippen LogP contribution in [0.5, 0.6) is 5.88 Å². The van der Waals surface area contributed by atoms with Gasteiger partial charge in [0.1, 0.15) is 22.9 Å². The van der Waals surface area contributed by atoms with E-state index in [9.17, 15) is 4.79 Å². The SMILES string of the molecule is CNC(C)C(=O)Nc1ccc(-c2c(-c3cccnc3OC)nc3cc(Cl)ccn23)c(C#Cc2ccc3c(C)nccc3c2)n1. The fraction of sp³-hybridized carbons (Fsp3) is 0.147. The summed E-state index contributed by atoms with van der Waals surface area (Å²) in [4.78, 5) is 31.3. The Morgan fingerprint density at radius 2 is 1.86 bits per heavy atom. The van der Waals surface area contributed by atoms with Gasteiger partial charge in [0.05, 0.1) is 24.4 Å². The van der Waals surface area contributed by atoms with Crippen molar-refractivity contribution in [2.75, 3.05) is 19.5 Å². The molecule has 0 fully saturated rings. The molecule has 0 bridgehead atoms. The zero-order chi connectivity index (χ0) is 30.8. The molecule has 0 aliphatic heterocycles. The van der Waals surface area contributed by atoms with Crippen LogP contribution in [0.1, 0.15) is 23.9 Å². The molecule has 9 nitrogen and oxygen atoms in total. The number of halogens is 1. The van der Waals surface area contributed by atoms with Crippen LogP contribution >= 0.6 is 11.6 Å². The molecule has 0 saturated heterocycles. The molecule has 6 rings (SSSR count). The Morgan fingerprint density at radius 1 is 1.00 bits per heavy atom. The Morgan fingerprint density at radius 3 is 2.68 bits per heavy atom. The topological polar surface area (TPSA) is 106 Å². The summed E-state index contributed by atoms with van der Waals surface area (Å²) in [5.74, 6) is 7.15. The molecule has 0 spiro atoms. The number of methoxy groups -OCH3 is 1. The Labute approximate surface area is 259 Å². The Hall–Kier alpha value is -5.30. The zero-order valence-corrected chi connectivity index (χ0v) is 25.3. The number of carbonyl (C=O) groups excluding carboxylic acids is 1. The van der Waals surface area contributed by atoms with Crippen molar-refractivity contribution in [3.8, 4) is 40.2 Å². The number of benzene rings is 1. The third-order valence-electron chi connectivity index (χ3n) is 7.32. The minimum absolute atomic E-state index is 0.213. The van der Waals surface area contributed by atoms with Crippen LogP contribution in [0.25, 0.3) is 38.9 Å². The molecule has 10 heteroatoms. The third-order valence-corrected chi connectivity index (χ3v) is 7.56. The number of ether oxygens (including phenoxy) is 1. The van der Waals surface area contributed by atoms with E-state index in [1.54, 1.807) is 51.7 Å². The van der Waals surface area contributed by atoms with Crippen LogP contribution in [0.3, 0.4) is 0 Å². The number of aromatic nitrogens is 5. The van der Waals surface area contributed by atoms with Crippen molar-refractivity contribution in [3.05, 3.63) is 101 Å². The minimum atomic E-state index is -0.408. The van der Waals surface area contributed by atoms with Crippen LogP contribution in [0.15, 0.2) is 79.3 Å². The molecule has 1 unspecified atom stereocenters. The summed E-state index contributed by atoms with van der Waals surface area (Å²) in [5, 5.41) is 8.50. The van der Waals surface area contributed by atoms with E-state index >= 15 is 0 Å². The zero-order valence-electron chi connectivity index (χ0n) is 24.5. The van der Waals surface area contributed by atoms with Crippen molar-refractivity contribution < 1.29 is 9.53 Å². The number of amides is 1. The first-order chi connectivity index (χ1) is 21.4. The van der Waals surface area contributed by atoms with Crippen molar-refractivity contribution in [1.82, 2.24) is 29.7 Å². The number of hydrogen-bond acceptors (Lipinski definition) is 7. The number of rotatable bonds is 6. The number of nitrogens with zero attached hydrogens (tertiary/aromatic N) is 5. The molecular weight excluding hydrogens is 574 g/mol. The molecule has 1 amide bonds.